The molecule has 0 bridgehead atoms. The van der Waals surface area contributed by atoms with E-state index >= 15 is 0 Å². The zero-order valence-electron chi connectivity index (χ0n) is 23.5. The number of benzene rings is 2. The Hall–Kier alpha value is -1.33. The summed E-state index contributed by atoms with van der Waals surface area (Å²) in [6, 6.07) is 20.6. The van der Waals surface area contributed by atoms with Gasteiger partial charge in [-0.15, -0.1) is 0 Å². The highest BCUT2D eigenvalue weighted by Crippen LogP contribution is 2.42. The highest BCUT2D eigenvalue weighted by atomic mass is 28.4. The van der Waals surface area contributed by atoms with Gasteiger partial charge in [-0.1, -0.05) is 102 Å². The molecule has 0 unspecified atom stereocenters. The maximum absolute atomic E-state index is 11.9. The Balaban J connectivity index is 2.05. The largest absolute Gasteiger partial charge is 0.414 e. The fraction of sp³-hybridized carbons (Fsp3) is 0.586. The van der Waals surface area contributed by atoms with E-state index in [-0.39, 0.29) is 23.3 Å². The highest BCUT2D eigenvalue weighted by molar-refractivity contribution is 6.99. The van der Waals surface area contributed by atoms with E-state index in [9.17, 15) is 10.2 Å². The second kappa shape index (κ2) is 10.4. The third-order valence-electron chi connectivity index (χ3n) is 8.17. The Kier molecular flexibility index (Phi) is 8.48. The van der Waals surface area contributed by atoms with Gasteiger partial charge in [0, 0.05) is 0 Å². The third-order valence-corrected chi connectivity index (χ3v) is 17.7. The van der Waals surface area contributed by atoms with Crippen LogP contribution in [0.25, 0.3) is 0 Å². The first kappa shape index (κ1) is 29.2. The molecule has 1 aliphatic rings. The van der Waals surface area contributed by atoms with Crippen LogP contribution < -0.4 is 10.4 Å². The Morgan fingerprint density at radius 2 is 1.36 bits per heavy atom. The van der Waals surface area contributed by atoms with Crippen LogP contribution in [0.4, 0.5) is 0 Å². The predicted octanol–water partition coefficient (Wildman–Crippen LogP) is 4.46. The van der Waals surface area contributed by atoms with Crippen molar-refractivity contribution < 1.29 is 23.8 Å². The van der Waals surface area contributed by atoms with Gasteiger partial charge in [0.1, 0.15) is 23.9 Å². The normalized spacial score (nSPS) is 26.1. The summed E-state index contributed by atoms with van der Waals surface area (Å²) in [5.41, 5.74) is -1.45. The fourth-order valence-corrected chi connectivity index (χ4v) is 10.6. The standard InChI is InChI=1S/C29H46O5Si2/c1-27(2,3)35(8,9)33-21-25-29(7,31)26(24(30)20-32-25)34-36(28(4,5)6,22-16-12-10-13-17-22)23-18-14-11-15-19-23/h10-19,24-26,30-31H,20-21H2,1-9H3/t24-,25-,26+,29+/m1/s1. The topological polar surface area (TPSA) is 68.2 Å². The van der Waals surface area contributed by atoms with Crippen molar-refractivity contribution in [1.29, 1.82) is 0 Å². The quantitative estimate of drug-likeness (QED) is 0.517. The van der Waals surface area contributed by atoms with Crippen LogP contribution >= 0.6 is 0 Å². The van der Waals surface area contributed by atoms with Gasteiger partial charge < -0.3 is 23.8 Å². The monoisotopic (exact) mass is 530 g/mol. The van der Waals surface area contributed by atoms with E-state index in [1.165, 1.54) is 0 Å². The first-order valence-electron chi connectivity index (χ1n) is 13.0. The summed E-state index contributed by atoms with van der Waals surface area (Å²) in [6.07, 6.45) is -2.42. The molecule has 1 heterocycles. The molecule has 0 aliphatic carbocycles. The molecule has 0 spiro atoms. The van der Waals surface area contributed by atoms with E-state index in [1.54, 1.807) is 6.92 Å². The van der Waals surface area contributed by atoms with E-state index in [0.717, 1.165) is 10.4 Å². The molecule has 2 aromatic carbocycles. The van der Waals surface area contributed by atoms with Gasteiger partial charge in [-0.3, -0.25) is 0 Å². The lowest BCUT2D eigenvalue weighted by Crippen LogP contribution is -2.73. The molecule has 0 amide bonds. The molecule has 3 rings (SSSR count). The van der Waals surface area contributed by atoms with E-state index in [4.69, 9.17) is 13.6 Å². The summed E-state index contributed by atoms with van der Waals surface area (Å²) in [5, 5.41) is 25.1. The summed E-state index contributed by atoms with van der Waals surface area (Å²) in [4.78, 5) is 0. The van der Waals surface area contributed by atoms with Crippen LogP contribution in [-0.2, 0) is 13.6 Å². The summed E-state index contributed by atoms with van der Waals surface area (Å²) in [7, 11) is -5.05. The van der Waals surface area contributed by atoms with Gasteiger partial charge in [0.25, 0.3) is 8.32 Å². The molecular formula is C29H46O5Si2. The zero-order chi connectivity index (χ0) is 27.0. The molecule has 200 valence electrons. The molecule has 0 radical (unpaired) electrons. The van der Waals surface area contributed by atoms with Gasteiger partial charge in [-0.05, 0) is 40.5 Å². The second-order valence-electron chi connectivity index (χ2n) is 12.9. The van der Waals surface area contributed by atoms with E-state index in [2.05, 4.69) is 78.9 Å². The lowest BCUT2D eigenvalue weighted by molar-refractivity contribution is -0.235. The second-order valence-corrected chi connectivity index (χ2v) is 22.0. The molecule has 1 saturated heterocycles. The van der Waals surface area contributed by atoms with Crippen LogP contribution in [0.1, 0.15) is 48.5 Å². The molecule has 1 fully saturated rings. The molecule has 2 N–H and O–H groups in total. The first-order chi connectivity index (χ1) is 16.5. The smallest absolute Gasteiger partial charge is 0.261 e. The van der Waals surface area contributed by atoms with Gasteiger partial charge in [-0.2, -0.15) is 0 Å². The van der Waals surface area contributed by atoms with E-state index < -0.39 is 40.5 Å². The van der Waals surface area contributed by atoms with Crippen LogP contribution in [0.15, 0.2) is 60.7 Å². The first-order valence-corrected chi connectivity index (χ1v) is 17.8. The average molecular weight is 531 g/mol. The lowest BCUT2D eigenvalue weighted by Gasteiger charge is -2.52. The van der Waals surface area contributed by atoms with Crippen LogP contribution in [0.2, 0.25) is 23.2 Å². The van der Waals surface area contributed by atoms with Crippen molar-refractivity contribution in [2.75, 3.05) is 13.2 Å². The number of aliphatic hydroxyl groups is 2. The van der Waals surface area contributed by atoms with E-state index in [0.29, 0.717) is 0 Å². The molecule has 4 atom stereocenters. The Morgan fingerprint density at radius 3 is 1.78 bits per heavy atom. The highest BCUT2D eigenvalue weighted by Gasteiger charge is 2.58. The molecule has 1 aliphatic heterocycles. The number of rotatable bonds is 7. The summed E-state index contributed by atoms with van der Waals surface area (Å²) in [6.45, 7) is 19.6. The van der Waals surface area contributed by atoms with Gasteiger partial charge in [-0.25, -0.2) is 0 Å². The minimum Gasteiger partial charge on any atom is -0.414 e. The minimum absolute atomic E-state index is 0.0395. The Labute approximate surface area is 220 Å². The maximum Gasteiger partial charge on any atom is 0.261 e. The number of aliphatic hydroxyl groups excluding tert-OH is 1. The van der Waals surface area contributed by atoms with Crippen LogP contribution in [-0.4, -0.2) is 64.0 Å². The average Bonchev–Trinajstić information content (AvgIpc) is 2.78. The molecule has 5 nitrogen and oxygen atoms in total. The van der Waals surface area contributed by atoms with Gasteiger partial charge in [0.2, 0.25) is 0 Å². The molecule has 36 heavy (non-hydrogen) atoms. The van der Waals surface area contributed by atoms with Crippen molar-refractivity contribution in [2.45, 2.75) is 95.5 Å². The Morgan fingerprint density at radius 1 is 0.889 bits per heavy atom. The van der Waals surface area contributed by atoms with Crippen LogP contribution in [0.3, 0.4) is 0 Å². The molecule has 7 heteroatoms. The van der Waals surface area contributed by atoms with Crippen molar-refractivity contribution >= 4 is 27.0 Å². The Bertz CT molecular complexity index is 941. The zero-order valence-corrected chi connectivity index (χ0v) is 25.5. The summed E-state index contributed by atoms with van der Waals surface area (Å²) < 4.78 is 19.6. The SMILES string of the molecule is CC(C)(C)[Si](C)(C)OC[C@H]1OC[C@@H](O)[C@H](O[Si](c2ccccc2)(c2ccccc2)C(C)(C)C)[C@@]1(C)O. The van der Waals surface area contributed by atoms with Crippen molar-refractivity contribution in [3.63, 3.8) is 0 Å². The molecule has 0 aromatic heterocycles. The lowest BCUT2D eigenvalue weighted by atomic mass is 9.87. The third kappa shape index (κ3) is 5.58. The minimum atomic E-state index is -2.99. The number of ether oxygens (including phenoxy) is 1. The fourth-order valence-electron chi connectivity index (χ4n) is 4.84. The van der Waals surface area contributed by atoms with Crippen molar-refractivity contribution in [2.24, 2.45) is 0 Å². The van der Waals surface area contributed by atoms with Gasteiger partial charge in [0.15, 0.2) is 8.32 Å². The van der Waals surface area contributed by atoms with Crippen LogP contribution in [0, 0.1) is 0 Å². The van der Waals surface area contributed by atoms with Crippen molar-refractivity contribution in [1.82, 2.24) is 0 Å². The number of hydrogen-bond donors (Lipinski definition) is 2. The van der Waals surface area contributed by atoms with E-state index in [1.807, 2.05) is 36.4 Å². The van der Waals surface area contributed by atoms with Crippen molar-refractivity contribution in [3.05, 3.63) is 60.7 Å². The van der Waals surface area contributed by atoms with Crippen LogP contribution in [0.5, 0.6) is 0 Å². The van der Waals surface area contributed by atoms with Gasteiger partial charge >= 0.3 is 0 Å². The van der Waals surface area contributed by atoms with Crippen molar-refractivity contribution in [3.8, 4) is 0 Å². The molecule has 0 saturated carbocycles. The van der Waals surface area contributed by atoms with Gasteiger partial charge in [0.05, 0.1) is 13.2 Å². The molecule has 2 aromatic rings. The summed E-state index contributed by atoms with van der Waals surface area (Å²) in [5.74, 6) is 0. The predicted molar refractivity (Wildman–Crippen MR) is 152 cm³/mol. The maximum atomic E-state index is 11.9. The molecular weight excluding hydrogens is 484 g/mol. The summed E-state index contributed by atoms with van der Waals surface area (Å²) >= 11 is 0. The number of hydrogen-bond acceptors (Lipinski definition) is 5.